The molecule has 1 amide bonds. The molecule has 0 aliphatic heterocycles. The van der Waals surface area contributed by atoms with Gasteiger partial charge in [0.1, 0.15) is 6.54 Å². The lowest BCUT2D eigenvalue weighted by atomic mass is 10.1. The van der Waals surface area contributed by atoms with Crippen molar-refractivity contribution >= 4 is 28.3 Å². The minimum absolute atomic E-state index is 0.00317. The minimum Gasteiger partial charge on any atom is -0.352 e. The molecule has 2 heterocycles. The second kappa shape index (κ2) is 10.3. The number of hydrogen-bond donors (Lipinski definition) is 1. The third-order valence-corrected chi connectivity index (χ3v) is 6.52. The molecule has 0 saturated carbocycles. The number of aryl methyl sites for hydroxylation is 3. The fraction of sp³-hybridized carbons (Fsp3) is 0.296. The third kappa shape index (κ3) is 5.23. The van der Waals surface area contributed by atoms with Gasteiger partial charge < -0.3 is 9.88 Å². The van der Waals surface area contributed by atoms with Crippen molar-refractivity contribution in [2.45, 2.75) is 52.7 Å². The summed E-state index contributed by atoms with van der Waals surface area (Å²) in [5, 5.41) is 9.38. The van der Waals surface area contributed by atoms with E-state index in [1.165, 1.54) is 10.2 Å². The maximum atomic E-state index is 13.2. The molecular weight excluding hydrogens is 448 g/mol. The Kier molecular flexibility index (Phi) is 7.17. The zero-order chi connectivity index (χ0) is 24.2. The van der Waals surface area contributed by atoms with Gasteiger partial charge in [-0.3, -0.25) is 9.59 Å². The maximum absolute atomic E-state index is 13.2. The summed E-state index contributed by atoms with van der Waals surface area (Å²) in [7, 11) is 0. The first-order valence-corrected chi connectivity index (χ1v) is 11.8. The van der Waals surface area contributed by atoms with Gasteiger partial charge in [-0.15, -0.1) is 0 Å². The van der Waals surface area contributed by atoms with Gasteiger partial charge in [0.15, 0.2) is 0 Å². The van der Waals surface area contributed by atoms with Crippen LogP contribution < -0.4 is 10.9 Å². The highest BCUT2D eigenvalue weighted by Gasteiger charge is 2.18. The molecule has 2 aromatic carbocycles. The van der Waals surface area contributed by atoms with Crippen molar-refractivity contribution < 1.29 is 4.79 Å². The summed E-state index contributed by atoms with van der Waals surface area (Å²) in [4.78, 5) is 25.9. The second-order valence-corrected chi connectivity index (χ2v) is 9.21. The second-order valence-electron chi connectivity index (χ2n) is 8.77. The van der Waals surface area contributed by atoms with E-state index in [4.69, 9.17) is 11.6 Å². The van der Waals surface area contributed by atoms with Crippen LogP contribution in [0.3, 0.4) is 0 Å². The molecular formula is C27H29ClN4O2. The van der Waals surface area contributed by atoms with Crippen molar-refractivity contribution in [2.24, 2.45) is 0 Å². The van der Waals surface area contributed by atoms with Gasteiger partial charge in [-0.2, -0.15) is 5.10 Å². The van der Waals surface area contributed by atoms with Crippen molar-refractivity contribution in [3.05, 3.63) is 98.7 Å². The third-order valence-electron chi connectivity index (χ3n) is 6.27. The Morgan fingerprint density at radius 1 is 1.03 bits per heavy atom. The van der Waals surface area contributed by atoms with Gasteiger partial charge in [-0.05, 0) is 56.9 Å². The Morgan fingerprint density at radius 2 is 1.74 bits per heavy atom. The van der Waals surface area contributed by atoms with E-state index in [-0.39, 0.29) is 24.1 Å². The molecule has 2 aromatic heterocycles. The predicted molar refractivity (Wildman–Crippen MR) is 136 cm³/mol. The van der Waals surface area contributed by atoms with E-state index in [0.29, 0.717) is 17.0 Å². The summed E-state index contributed by atoms with van der Waals surface area (Å²) in [6.07, 6.45) is 3.39. The van der Waals surface area contributed by atoms with Crippen LogP contribution in [0.5, 0.6) is 0 Å². The minimum atomic E-state index is -0.250. The van der Waals surface area contributed by atoms with Crippen molar-refractivity contribution in [1.29, 1.82) is 0 Å². The number of rotatable bonds is 8. The number of halogens is 1. The molecule has 176 valence electrons. The van der Waals surface area contributed by atoms with Crippen LogP contribution in [0.15, 0.2) is 65.6 Å². The predicted octanol–water partition coefficient (Wildman–Crippen LogP) is 4.65. The van der Waals surface area contributed by atoms with E-state index in [1.807, 2.05) is 63.2 Å². The first-order valence-electron chi connectivity index (χ1n) is 11.5. The van der Waals surface area contributed by atoms with Crippen LogP contribution in [0.25, 0.3) is 10.8 Å². The number of fused-ring (bicyclic) bond motifs is 1. The van der Waals surface area contributed by atoms with Gasteiger partial charge in [0.05, 0.1) is 11.6 Å². The van der Waals surface area contributed by atoms with Crippen LogP contribution in [0.4, 0.5) is 0 Å². The number of hydrogen-bond acceptors (Lipinski definition) is 3. The van der Waals surface area contributed by atoms with Crippen LogP contribution in [0.2, 0.25) is 5.02 Å². The van der Waals surface area contributed by atoms with Gasteiger partial charge >= 0.3 is 0 Å². The Bertz CT molecular complexity index is 1360. The van der Waals surface area contributed by atoms with Crippen LogP contribution in [-0.2, 0) is 24.3 Å². The van der Waals surface area contributed by atoms with Crippen molar-refractivity contribution in [3.8, 4) is 0 Å². The molecule has 4 rings (SSSR count). The van der Waals surface area contributed by atoms with Gasteiger partial charge in [-0.1, -0.05) is 54.1 Å². The fourth-order valence-electron chi connectivity index (χ4n) is 4.32. The smallest absolute Gasteiger partial charge is 0.276 e. The molecule has 0 aliphatic carbocycles. The van der Waals surface area contributed by atoms with E-state index < -0.39 is 0 Å². The number of nitrogens with zero attached hydrogens (tertiary/aromatic N) is 3. The zero-order valence-corrected chi connectivity index (χ0v) is 20.5. The molecule has 0 unspecified atom stereocenters. The lowest BCUT2D eigenvalue weighted by Crippen LogP contribution is -2.38. The van der Waals surface area contributed by atoms with Crippen LogP contribution in [0.1, 0.15) is 35.9 Å². The Hall–Kier alpha value is -3.38. The SMILES string of the molecule is Cc1c2cnn(CC(=O)N[C@H](C)CCc3ccccc3)c(=O)c2c(C)n1Cc1ccc(Cl)cc1. The molecule has 0 aliphatic rings. The average Bonchev–Trinajstić information content (AvgIpc) is 3.06. The molecule has 0 spiro atoms. The van der Waals surface area contributed by atoms with Gasteiger partial charge in [0.25, 0.3) is 5.56 Å². The standard InChI is InChI=1S/C27H29ClN4O2/c1-18(9-10-21-7-5-4-6-8-21)30-25(33)17-32-27(34)26-20(3)31(19(2)24(26)15-29-32)16-22-11-13-23(28)14-12-22/h4-8,11-15,18H,9-10,16-17H2,1-3H3,(H,30,33)/t18-/m1/s1. The highest BCUT2D eigenvalue weighted by molar-refractivity contribution is 6.30. The fourth-order valence-corrected chi connectivity index (χ4v) is 4.45. The molecule has 6 nitrogen and oxygen atoms in total. The quantitative estimate of drug-likeness (QED) is 0.402. The van der Waals surface area contributed by atoms with E-state index >= 15 is 0 Å². The zero-order valence-electron chi connectivity index (χ0n) is 19.7. The number of carbonyl (C=O) groups excluding carboxylic acids is 1. The van der Waals surface area contributed by atoms with E-state index in [0.717, 1.165) is 35.2 Å². The summed E-state index contributed by atoms with van der Waals surface area (Å²) in [5.74, 6) is -0.218. The maximum Gasteiger partial charge on any atom is 0.276 e. The summed E-state index contributed by atoms with van der Waals surface area (Å²) < 4.78 is 3.35. The van der Waals surface area contributed by atoms with Crippen LogP contribution >= 0.6 is 11.6 Å². The summed E-state index contributed by atoms with van der Waals surface area (Å²) >= 11 is 6.01. The van der Waals surface area contributed by atoms with Crippen LogP contribution in [-0.4, -0.2) is 26.3 Å². The van der Waals surface area contributed by atoms with Crippen molar-refractivity contribution in [3.63, 3.8) is 0 Å². The van der Waals surface area contributed by atoms with Crippen molar-refractivity contribution in [2.75, 3.05) is 0 Å². The van der Waals surface area contributed by atoms with Gasteiger partial charge in [0, 0.05) is 34.4 Å². The normalized spacial score (nSPS) is 12.1. The number of nitrogens with one attached hydrogen (secondary N) is 1. The average molecular weight is 477 g/mol. The van der Waals surface area contributed by atoms with E-state index in [9.17, 15) is 9.59 Å². The van der Waals surface area contributed by atoms with Crippen molar-refractivity contribution in [1.82, 2.24) is 19.7 Å². The molecule has 0 saturated heterocycles. The van der Waals surface area contributed by atoms with Gasteiger partial charge in [0.2, 0.25) is 5.91 Å². The Balaban J connectivity index is 1.48. The molecule has 0 radical (unpaired) electrons. The summed E-state index contributed by atoms with van der Waals surface area (Å²) in [6, 6.07) is 17.9. The van der Waals surface area contributed by atoms with E-state index in [1.54, 1.807) is 6.20 Å². The first kappa shape index (κ1) is 23.8. The van der Waals surface area contributed by atoms with E-state index in [2.05, 4.69) is 27.1 Å². The molecule has 1 N–H and O–H groups in total. The highest BCUT2D eigenvalue weighted by Crippen LogP contribution is 2.23. The number of carbonyl (C=O) groups is 1. The summed E-state index contributed by atoms with van der Waals surface area (Å²) in [5.41, 5.74) is 3.91. The molecule has 7 heteroatoms. The Morgan fingerprint density at radius 3 is 2.44 bits per heavy atom. The summed E-state index contributed by atoms with van der Waals surface area (Å²) in [6.45, 7) is 6.42. The lowest BCUT2D eigenvalue weighted by Gasteiger charge is -2.14. The Labute approximate surface area is 204 Å². The number of amides is 1. The number of benzene rings is 2. The number of aromatic nitrogens is 3. The molecule has 0 bridgehead atoms. The largest absolute Gasteiger partial charge is 0.352 e. The lowest BCUT2D eigenvalue weighted by molar-refractivity contribution is -0.122. The highest BCUT2D eigenvalue weighted by atomic mass is 35.5. The molecule has 4 aromatic rings. The molecule has 1 atom stereocenters. The van der Waals surface area contributed by atoms with Gasteiger partial charge in [-0.25, -0.2) is 4.68 Å². The monoisotopic (exact) mass is 476 g/mol. The van der Waals surface area contributed by atoms with Crippen LogP contribution in [0, 0.1) is 13.8 Å². The first-order chi connectivity index (χ1) is 16.3. The molecule has 0 fully saturated rings. The molecule has 34 heavy (non-hydrogen) atoms. The topological polar surface area (TPSA) is 68.9 Å².